The Morgan fingerprint density at radius 2 is 1.87 bits per heavy atom. The first-order valence-corrected chi connectivity index (χ1v) is 4.66. The van der Waals surface area contributed by atoms with Gasteiger partial charge < -0.3 is 4.74 Å². The predicted octanol–water partition coefficient (Wildman–Crippen LogP) is 2.46. The molecule has 2 nitrogen and oxygen atoms in total. The van der Waals surface area contributed by atoms with E-state index in [4.69, 9.17) is 4.74 Å². The summed E-state index contributed by atoms with van der Waals surface area (Å²) in [7, 11) is 0. The maximum absolute atomic E-state index is 12.7. The van der Waals surface area contributed by atoms with Gasteiger partial charge in [-0.2, -0.15) is 0 Å². The van der Waals surface area contributed by atoms with Gasteiger partial charge in [-0.25, -0.2) is 8.78 Å². The zero-order chi connectivity index (χ0) is 11.3. The van der Waals surface area contributed by atoms with Crippen molar-refractivity contribution < 1.29 is 18.3 Å². The molecule has 0 fully saturated rings. The molecule has 0 radical (unpaired) electrons. The molecule has 0 aromatic heterocycles. The van der Waals surface area contributed by atoms with Gasteiger partial charge in [0.25, 0.3) is 0 Å². The number of rotatable bonds is 4. The smallest absolute Gasteiger partial charge is 0.302 e. The molecule has 0 saturated carbocycles. The van der Waals surface area contributed by atoms with Gasteiger partial charge in [0.1, 0.15) is 11.6 Å². The highest BCUT2D eigenvalue weighted by atomic mass is 19.1. The molecule has 0 aliphatic carbocycles. The van der Waals surface area contributed by atoms with Crippen LogP contribution in [0.2, 0.25) is 0 Å². The molecular weight excluding hydrogens is 202 g/mol. The normalized spacial score (nSPS) is 10.1. The summed E-state index contributed by atoms with van der Waals surface area (Å²) in [6, 6.07) is 3.38. The van der Waals surface area contributed by atoms with E-state index >= 15 is 0 Å². The standard InChI is InChI=1S/C11H12F2O2/c1-8(14)15-4-2-3-9-5-10(12)7-11(13)6-9/h5-7H,2-4H2,1H3. The lowest BCUT2D eigenvalue weighted by Crippen LogP contribution is -2.02. The summed E-state index contributed by atoms with van der Waals surface area (Å²) in [6.45, 7) is 1.59. The third kappa shape index (κ3) is 4.54. The van der Waals surface area contributed by atoms with Gasteiger partial charge in [-0.1, -0.05) is 0 Å². The van der Waals surface area contributed by atoms with Crippen molar-refractivity contribution in [2.45, 2.75) is 19.8 Å². The van der Waals surface area contributed by atoms with Crippen LogP contribution in [0, 0.1) is 11.6 Å². The van der Waals surface area contributed by atoms with Crippen molar-refractivity contribution in [1.82, 2.24) is 0 Å². The van der Waals surface area contributed by atoms with Gasteiger partial charge in [-0.15, -0.1) is 0 Å². The van der Waals surface area contributed by atoms with E-state index in [9.17, 15) is 13.6 Å². The van der Waals surface area contributed by atoms with Crippen molar-refractivity contribution >= 4 is 5.97 Å². The van der Waals surface area contributed by atoms with Gasteiger partial charge in [0.2, 0.25) is 0 Å². The Bertz CT molecular complexity index is 330. The highest BCUT2D eigenvalue weighted by molar-refractivity contribution is 5.65. The number of aryl methyl sites for hydroxylation is 1. The molecule has 0 bridgehead atoms. The molecule has 0 saturated heterocycles. The molecule has 1 rings (SSSR count). The number of ether oxygens (including phenoxy) is 1. The molecule has 82 valence electrons. The fraction of sp³-hybridized carbons (Fsp3) is 0.364. The van der Waals surface area contributed by atoms with Crippen LogP contribution >= 0.6 is 0 Å². The summed E-state index contributed by atoms with van der Waals surface area (Å²) in [5.41, 5.74) is 0.569. The highest BCUT2D eigenvalue weighted by Crippen LogP contribution is 2.09. The fourth-order valence-electron chi connectivity index (χ4n) is 1.25. The third-order valence-corrected chi connectivity index (χ3v) is 1.84. The van der Waals surface area contributed by atoms with E-state index in [2.05, 4.69) is 0 Å². The number of benzene rings is 1. The van der Waals surface area contributed by atoms with Crippen LogP contribution in [0.3, 0.4) is 0 Å². The summed E-state index contributed by atoms with van der Waals surface area (Å²) in [5, 5.41) is 0. The Kier molecular flexibility index (Phi) is 4.21. The van der Waals surface area contributed by atoms with E-state index in [-0.39, 0.29) is 12.6 Å². The van der Waals surface area contributed by atoms with Crippen LogP contribution in [0.15, 0.2) is 18.2 Å². The minimum atomic E-state index is -0.586. The quantitative estimate of drug-likeness (QED) is 0.568. The number of halogens is 2. The summed E-state index contributed by atoms with van der Waals surface area (Å²) < 4.78 is 30.2. The summed E-state index contributed by atoms with van der Waals surface area (Å²) in [5.74, 6) is -1.52. The first kappa shape index (κ1) is 11.6. The maximum atomic E-state index is 12.7. The average molecular weight is 214 g/mol. The highest BCUT2D eigenvalue weighted by Gasteiger charge is 2.01. The van der Waals surface area contributed by atoms with E-state index in [1.165, 1.54) is 19.1 Å². The van der Waals surface area contributed by atoms with Crippen LogP contribution in [0.25, 0.3) is 0 Å². The molecule has 4 heteroatoms. The lowest BCUT2D eigenvalue weighted by molar-refractivity contribution is -0.141. The molecule has 15 heavy (non-hydrogen) atoms. The summed E-state index contributed by atoms with van der Waals surface area (Å²) in [4.78, 5) is 10.4. The second-order valence-electron chi connectivity index (χ2n) is 3.22. The molecule has 0 atom stereocenters. The lowest BCUT2D eigenvalue weighted by Gasteiger charge is -2.03. The first-order chi connectivity index (χ1) is 7.08. The van der Waals surface area contributed by atoms with Crippen molar-refractivity contribution in [3.8, 4) is 0 Å². The van der Waals surface area contributed by atoms with Gasteiger partial charge in [0.05, 0.1) is 6.61 Å². The number of carbonyl (C=O) groups excluding carboxylic acids is 1. The summed E-state index contributed by atoms with van der Waals surface area (Å²) >= 11 is 0. The van der Waals surface area contributed by atoms with Crippen LogP contribution in [-0.2, 0) is 16.0 Å². The molecule has 0 amide bonds. The minimum Gasteiger partial charge on any atom is -0.466 e. The molecule has 0 N–H and O–H groups in total. The van der Waals surface area contributed by atoms with E-state index < -0.39 is 11.6 Å². The summed E-state index contributed by atoms with van der Waals surface area (Å²) in [6.07, 6.45) is 1.05. The largest absolute Gasteiger partial charge is 0.466 e. The van der Waals surface area contributed by atoms with E-state index in [1.54, 1.807) is 0 Å². The Labute approximate surface area is 86.9 Å². The monoisotopic (exact) mass is 214 g/mol. The van der Waals surface area contributed by atoms with Gasteiger partial charge in [0, 0.05) is 13.0 Å². The number of hydrogen-bond acceptors (Lipinski definition) is 2. The zero-order valence-electron chi connectivity index (χ0n) is 8.43. The van der Waals surface area contributed by atoms with Crippen LogP contribution in [-0.4, -0.2) is 12.6 Å². The molecule has 1 aromatic rings. The lowest BCUT2D eigenvalue weighted by atomic mass is 10.1. The molecule has 0 unspecified atom stereocenters. The predicted molar refractivity (Wildman–Crippen MR) is 51.3 cm³/mol. The minimum absolute atomic E-state index is 0.271. The topological polar surface area (TPSA) is 26.3 Å². The van der Waals surface area contributed by atoms with E-state index in [0.717, 1.165) is 6.07 Å². The second-order valence-corrected chi connectivity index (χ2v) is 3.22. The van der Waals surface area contributed by atoms with E-state index in [0.29, 0.717) is 18.4 Å². The van der Waals surface area contributed by atoms with Gasteiger partial charge in [-0.3, -0.25) is 4.79 Å². The van der Waals surface area contributed by atoms with Crippen LogP contribution in [0.5, 0.6) is 0 Å². The Hall–Kier alpha value is -1.45. The van der Waals surface area contributed by atoms with Crippen molar-refractivity contribution in [3.05, 3.63) is 35.4 Å². The molecule has 0 aliphatic rings. The van der Waals surface area contributed by atoms with Gasteiger partial charge in [0.15, 0.2) is 0 Å². The SMILES string of the molecule is CC(=O)OCCCc1cc(F)cc(F)c1. The van der Waals surface area contributed by atoms with Crippen molar-refractivity contribution in [3.63, 3.8) is 0 Å². The number of esters is 1. The Morgan fingerprint density at radius 1 is 1.27 bits per heavy atom. The molecule has 0 heterocycles. The fourth-order valence-corrected chi connectivity index (χ4v) is 1.25. The maximum Gasteiger partial charge on any atom is 0.302 e. The van der Waals surface area contributed by atoms with Gasteiger partial charge in [-0.05, 0) is 30.5 Å². The zero-order valence-corrected chi connectivity index (χ0v) is 8.43. The first-order valence-electron chi connectivity index (χ1n) is 4.66. The van der Waals surface area contributed by atoms with E-state index in [1.807, 2.05) is 0 Å². The number of carbonyl (C=O) groups is 1. The Morgan fingerprint density at radius 3 is 2.40 bits per heavy atom. The van der Waals surface area contributed by atoms with Crippen molar-refractivity contribution in [2.75, 3.05) is 6.61 Å². The second kappa shape index (κ2) is 5.44. The molecule has 0 spiro atoms. The van der Waals surface area contributed by atoms with Gasteiger partial charge >= 0.3 is 5.97 Å². The van der Waals surface area contributed by atoms with Crippen LogP contribution in [0.1, 0.15) is 18.9 Å². The Balaban J connectivity index is 2.40. The van der Waals surface area contributed by atoms with Crippen LogP contribution in [0.4, 0.5) is 8.78 Å². The average Bonchev–Trinajstić information content (AvgIpc) is 2.10. The number of hydrogen-bond donors (Lipinski definition) is 0. The van der Waals surface area contributed by atoms with Crippen molar-refractivity contribution in [1.29, 1.82) is 0 Å². The molecule has 0 aliphatic heterocycles. The third-order valence-electron chi connectivity index (χ3n) is 1.84. The van der Waals surface area contributed by atoms with Crippen molar-refractivity contribution in [2.24, 2.45) is 0 Å². The van der Waals surface area contributed by atoms with Crippen LogP contribution < -0.4 is 0 Å². The molecular formula is C11H12F2O2. The molecule has 1 aromatic carbocycles.